The third-order valence-corrected chi connectivity index (χ3v) is 5.24. The Labute approximate surface area is 174 Å². The lowest BCUT2D eigenvalue weighted by Crippen LogP contribution is -2.28. The second kappa shape index (κ2) is 9.11. The molecule has 1 aliphatic heterocycles. The van der Waals surface area contributed by atoms with E-state index in [1.165, 1.54) is 6.07 Å². The molecule has 1 aromatic carbocycles. The molecular formula is C22H26N2O6. The van der Waals surface area contributed by atoms with Crippen molar-refractivity contribution in [1.29, 1.82) is 0 Å². The van der Waals surface area contributed by atoms with E-state index in [1.54, 1.807) is 25.3 Å². The largest absolute Gasteiger partial charge is 0.504 e. The SMILES string of the molecule is CCOC(=O)c1cn2c(cc1=O)-c1cc(O)c(OCCCN=O)cc1CC2C(C)C. The van der Waals surface area contributed by atoms with Crippen LogP contribution in [0.25, 0.3) is 11.3 Å². The van der Waals surface area contributed by atoms with Crippen molar-refractivity contribution in [2.45, 2.75) is 39.7 Å². The highest BCUT2D eigenvalue weighted by molar-refractivity contribution is 5.89. The first kappa shape index (κ1) is 21.5. The Morgan fingerprint density at radius 2 is 2.10 bits per heavy atom. The minimum atomic E-state index is -0.637. The average molecular weight is 414 g/mol. The fourth-order valence-electron chi connectivity index (χ4n) is 3.73. The topological polar surface area (TPSA) is 107 Å². The summed E-state index contributed by atoms with van der Waals surface area (Å²) < 4.78 is 12.6. The molecule has 0 bridgehead atoms. The summed E-state index contributed by atoms with van der Waals surface area (Å²) in [5.41, 5.74) is 1.89. The van der Waals surface area contributed by atoms with Gasteiger partial charge in [0.25, 0.3) is 0 Å². The number of nitroso groups, excluding NO2 is 1. The Morgan fingerprint density at radius 3 is 2.77 bits per heavy atom. The molecule has 1 aromatic heterocycles. The van der Waals surface area contributed by atoms with Crippen molar-refractivity contribution < 1.29 is 19.4 Å². The summed E-state index contributed by atoms with van der Waals surface area (Å²) in [5, 5.41) is 13.2. The molecule has 1 atom stereocenters. The van der Waals surface area contributed by atoms with Gasteiger partial charge in [0.15, 0.2) is 16.9 Å². The Kier molecular flexibility index (Phi) is 6.54. The molecule has 30 heavy (non-hydrogen) atoms. The molecule has 0 aliphatic carbocycles. The van der Waals surface area contributed by atoms with Crippen LogP contribution in [0.1, 0.15) is 49.2 Å². The molecule has 0 saturated heterocycles. The van der Waals surface area contributed by atoms with Gasteiger partial charge in [-0.25, -0.2) is 4.79 Å². The predicted octanol–water partition coefficient (Wildman–Crippen LogP) is 3.69. The highest BCUT2D eigenvalue weighted by atomic mass is 16.5. The average Bonchev–Trinajstić information content (AvgIpc) is 2.70. The van der Waals surface area contributed by atoms with E-state index in [9.17, 15) is 19.6 Å². The number of benzene rings is 1. The van der Waals surface area contributed by atoms with Gasteiger partial charge in [0.2, 0.25) is 0 Å². The number of hydrogen-bond donors (Lipinski definition) is 1. The molecule has 3 rings (SSSR count). The maximum absolute atomic E-state index is 12.6. The Balaban J connectivity index is 2.06. The van der Waals surface area contributed by atoms with Crippen molar-refractivity contribution in [2.75, 3.05) is 19.8 Å². The van der Waals surface area contributed by atoms with Crippen LogP contribution >= 0.6 is 0 Å². The van der Waals surface area contributed by atoms with Crippen LogP contribution in [-0.4, -0.2) is 35.4 Å². The van der Waals surface area contributed by atoms with Crippen LogP contribution in [0, 0.1) is 10.8 Å². The number of ether oxygens (including phenoxy) is 2. The number of phenols is 1. The number of aromatic nitrogens is 1. The lowest BCUT2D eigenvalue weighted by Gasteiger charge is -2.33. The number of carbonyl (C=O) groups excluding carboxylic acids is 1. The third-order valence-electron chi connectivity index (χ3n) is 5.24. The first-order valence-corrected chi connectivity index (χ1v) is 10.1. The van der Waals surface area contributed by atoms with Gasteiger partial charge in [0.05, 0.1) is 25.5 Å². The maximum Gasteiger partial charge on any atom is 0.343 e. The zero-order valence-electron chi connectivity index (χ0n) is 17.4. The van der Waals surface area contributed by atoms with Crippen LogP contribution in [0.3, 0.4) is 0 Å². The molecule has 0 spiro atoms. The van der Waals surface area contributed by atoms with Gasteiger partial charge in [-0.2, -0.15) is 4.91 Å². The first-order valence-electron chi connectivity index (χ1n) is 10.1. The monoisotopic (exact) mass is 414 g/mol. The predicted molar refractivity (Wildman–Crippen MR) is 112 cm³/mol. The number of carbonyl (C=O) groups is 1. The van der Waals surface area contributed by atoms with E-state index in [4.69, 9.17) is 9.47 Å². The summed E-state index contributed by atoms with van der Waals surface area (Å²) >= 11 is 0. The summed E-state index contributed by atoms with van der Waals surface area (Å²) in [4.78, 5) is 35.0. The second-order valence-corrected chi connectivity index (χ2v) is 7.61. The van der Waals surface area contributed by atoms with Gasteiger partial charge in [-0.15, -0.1) is 0 Å². The fraction of sp³-hybridized carbons (Fsp3) is 0.455. The number of hydrogen-bond acceptors (Lipinski definition) is 7. The van der Waals surface area contributed by atoms with Gasteiger partial charge in [0.1, 0.15) is 5.56 Å². The number of esters is 1. The molecule has 1 N–H and O–H groups in total. The van der Waals surface area contributed by atoms with E-state index in [0.29, 0.717) is 24.3 Å². The number of fused-ring (bicyclic) bond motifs is 3. The lowest BCUT2D eigenvalue weighted by atomic mass is 9.87. The highest BCUT2D eigenvalue weighted by Gasteiger charge is 2.29. The number of aromatic hydroxyl groups is 1. The molecule has 1 unspecified atom stereocenters. The van der Waals surface area contributed by atoms with Crippen LogP contribution < -0.4 is 10.2 Å². The van der Waals surface area contributed by atoms with Crippen molar-refractivity contribution in [3.05, 3.63) is 50.7 Å². The first-order chi connectivity index (χ1) is 14.4. The molecule has 0 amide bonds. The quantitative estimate of drug-likeness (QED) is 0.401. The van der Waals surface area contributed by atoms with E-state index in [2.05, 4.69) is 19.0 Å². The lowest BCUT2D eigenvalue weighted by molar-refractivity contribution is 0.0523. The van der Waals surface area contributed by atoms with Gasteiger partial charge in [-0.1, -0.05) is 19.0 Å². The van der Waals surface area contributed by atoms with Crippen molar-refractivity contribution in [3.63, 3.8) is 0 Å². The molecule has 0 fully saturated rings. The molecule has 8 heteroatoms. The zero-order valence-corrected chi connectivity index (χ0v) is 17.4. The Hall–Kier alpha value is -3.16. The van der Waals surface area contributed by atoms with Crippen molar-refractivity contribution >= 4 is 5.97 Å². The molecular weight excluding hydrogens is 388 g/mol. The van der Waals surface area contributed by atoms with Crippen LogP contribution in [0.4, 0.5) is 0 Å². The van der Waals surface area contributed by atoms with E-state index < -0.39 is 11.4 Å². The maximum atomic E-state index is 12.6. The number of phenolic OH excluding ortho intramolecular Hbond substituents is 1. The summed E-state index contributed by atoms with van der Waals surface area (Å²) in [7, 11) is 0. The summed E-state index contributed by atoms with van der Waals surface area (Å²) in [5.74, 6) is -0.126. The van der Waals surface area contributed by atoms with Crippen LogP contribution in [-0.2, 0) is 11.2 Å². The van der Waals surface area contributed by atoms with Gasteiger partial charge in [0, 0.05) is 30.3 Å². The summed E-state index contributed by atoms with van der Waals surface area (Å²) in [6.07, 6.45) is 2.68. The van der Waals surface area contributed by atoms with Crippen LogP contribution in [0.2, 0.25) is 0 Å². The van der Waals surface area contributed by atoms with Gasteiger partial charge < -0.3 is 19.1 Å². The molecule has 0 radical (unpaired) electrons. The van der Waals surface area contributed by atoms with Gasteiger partial charge in [-0.05, 0) is 37.0 Å². The number of rotatable bonds is 8. The fourth-order valence-corrected chi connectivity index (χ4v) is 3.73. The molecule has 1 aliphatic rings. The van der Waals surface area contributed by atoms with E-state index in [1.807, 2.05) is 4.57 Å². The molecule has 160 valence electrons. The normalized spacial score (nSPS) is 14.7. The van der Waals surface area contributed by atoms with E-state index >= 15 is 0 Å². The summed E-state index contributed by atoms with van der Waals surface area (Å²) in [6.45, 7) is 6.46. The smallest absolute Gasteiger partial charge is 0.343 e. The van der Waals surface area contributed by atoms with Crippen molar-refractivity contribution in [3.8, 4) is 22.8 Å². The minimum absolute atomic E-state index is 0.00247. The Morgan fingerprint density at radius 1 is 1.33 bits per heavy atom. The molecule has 8 nitrogen and oxygen atoms in total. The van der Waals surface area contributed by atoms with Gasteiger partial charge in [-0.3, -0.25) is 4.79 Å². The molecule has 2 aromatic rings. The van der Waals surface area contributed by atoms with Gasteiger partial charge >= 0.3 is 5.97 Å². The minimum Gasteiger partial charge on any atom is -0.504 e. The number of pyridine rings is 1. The molecule has 0 saturated carbocycles. The van der Waals surface area contributed by atoms with E-state index in [-0.39, 0.29) is 43.0 Å². The van der Waals surface area contributed by atoms with Crippen LogP contribution in [0.15, 0.2) is 34.4 Å². The standard InChI is InChI=1S/C22H26N2O6/c1-4-29-22(27)16-12-24-17(13(2)3)8-14-9-21(30-7-5-6-23-28)20(26)10-15(14)18(24)11-19(16)25/h9-13,17,26H,4-8H2,1-3H3. The van der Waals surface area contributed by atoms with E-state index in [0.717, 1.165) is 11.1 Å². The second-order valence-electron chi connectivity index (χ2n) is 7.61. The number of nitrogens with zero attached hydrogens (tertiary/aromatic N) is 2. The van der Waals surface area contributed by atoms with Crippen LogP contribution in [0.5, 0.6) is 11.5 Å². The summed E-state index contributed by atoms with van der Waals surface area (Å²) in [6, 6.07) is 4.80. The molecule has 2 heterocycles. The Bertz CT molecular complexity index is 1010. The highest BCUT2D eigenvalue weighted by Crippen LogP contribution is 2.42. The zero-order chi connectivity index (χ0) is 21.8. The van der Waals surface area contributed by atoms with Crippen molar-refractivity contribution in [1.82, 2.24) is 4.57 Å². The van der Waals surface area contributed by atoms with Crippen molar-refractivity contribution in [2.24, 2.45) is 11.1 Å². The third kappa shape index (κ3) is 4.22.